The number of rotatable bonds is 1. The average molecular weight is 182 g/mol. The molecular formula is C11H22Si. The van der Waals surface area contributed by atoms with Gasteiger partial charge in [-0.25, -0.2) is 0 Å². The van der Waals surface area contributed by atoms with E-state index >= 15 is 0 Å². The lowest BCUT2D eigenvalue weighted by molar-refractivity contribution is 0.544. The fourth-order valence-electron chi connectivity index (χ4n) is 2.26. The van der Waals surface area contributed by atoms with Crippen LogP contribution in [0.15, 0.2) is 10.8 Å². The van der Waals surface area contributed by atoms with Crippen LogP contribution in [-0.4, -0.2) is 8.07 Å². The molecule has 0 bridgehead atoms. The first-order valence-electron chi connectivity index (χ1n) is 5.13. The molecule has 0 fully saturated rings. The van der Waals surface area contributed by atoms with Crippen LogP contribution in [0.3, 0.4) is 0 Å². The van der Waals surface area contributed by atoms with Crippen molar-refractivity contribution in [3.63, 3.8) is 0 Å². The molecule has 12 heavy (non-hydrogen) atoms. The van der Waals surface area contributed by atoms with E-state index in [4.69, 9.17) is 0 Å². The van der Waals surface area contributed by atoms with Gasteiger partial charge in [0.25, 0.3) is 0 Å². The van der Waals surface area contributed by atoms with Gasteiger partial charge in [0.15, 0.2) is 0 Å². The monoisotopic (exact) mass is 182 g/mol. The van der Waals surface area contributed by atoms with Crippen molar-refractivity contribution in [2.45, 2.75) is 52.8 Å². The molecule has 0 heterocycles. The van der Waals surface area contributed by atoms with Crippen molar-refractivity contribution >= 4 is 8.07 Å². The molecule has 1 rings (SSSR count). The maximum absolute atomic E-state index is 2.48. The Morgan fingerprint density at radius 2 is 1.83 bits per heavy atom. The van der Waals surface area contributed by atoms with Crippen LogP contribution in [0.1, 0.15) is 33.1 Å². The minimum Gasteiger partial charge on any atom is -0.0818 e. The van der Waals surface area contributed by atoms with Crippen LogP contribution in [0.4, 0.5) is 0 Å². The van der Waals surface area contributed by atoms with Gasteiger partial charge >= 0.3 is 0 Å². The highest BCUT2D eigenvalue weighted by Gasteiger charge is 2.25. The van der Waals surface area contributed by atoms with Gasteiger partial charge in [-0.2, -0.15) is 0 Å². The summed E-state index contributed by atoms with van der Waals surface area (Å²) in [5.74, 6) is 0.862. The molecule has 1 atom stereocenters. The van der Waals surface area contributed by atoms with Gasteiger partial charge in [-0.15, -0.1) is 0 Å². The highest BCUT2D eigenvalue weighted by atomic mass is 28.3. The zero-order valence-corrected chi connectivity index (χ0v) is 10.2. The van der Waals surface area contributed by atoms with Gasteiger partial charge in [-0.05, 0) is 32.1 Å². The van der Waals surface area contributed by atoms with Crippen molar-refractivity contribution in [3.05, 3.63) is 10.8 Å². The molecule has 0 aromatic carbocycles. The summed E-state index contributed by atoms with van der Waals surface area (Å²) in [6, 6.07) is 0. The second-order valence-corrected chi connectivity index (χ2v) is 10.3. The Morgan fingerprint density at radius 1 is 1.25 bits per heavy atom. The predicted molar refractivity (Wildman–Crippen MR) is 59.1 cm³/mol. The minimum atomic E-state index is -0.982. The molecule has 0 nitrogen and oxygen atoms in total. The third-order valence-corrected chi connectivity index (χ3v) is 5.64. The van der Waals surface area contributed by atoms with Crippen LogP contribution in [0.2, 0.25) is 19.6 Å². The van der Waals surface area contributed by atoms with E-state index in [0.717, 1.165) is 5.92 Å². The van der Waals surface area contributed by atoms with Crippen LogP contribution in [0, 0.1) is 5.92 Å². The van der Waals surface area contributed by atoms with Crippen molar-refractivity contribution in [2.75, 3.05) is 0 Å². The molecule has 0 radical (unpaired) electrons. The number of hydrogen-bond donors (Lipinski definition) is 0. The van der Waals surface area contributed by atoms with Gasteiger partial charge in [0, 0.05) is 0 Å². The molecule has 0 unspecified atom stereocenters. The fraction of sp³-hybridized carbons (Fsp3) is 0.818. The molecule has 0 spiro atoms. The first-order chi connectivity index (χ1) is 5.43. The molecule has 70 valence electrons. The van der Waals surface area contributed by atoms with E-state index in [2.05, 4.69) is 33.5 Å². The largest absolute Gasteiger partial charge is 0.0818 e. The fourth-order valence-corrected chi connectivity index (χ4v) is 4.62. The molecule has 0 aromatic rings. The van der Waals surface area contributed by atoms with Gasteiger partial charge in [0.1, 0.15) is 0 Å². The molecule has 0 N–H and O–H groups in total. The van der Waals surface area contributed by atoms with Gasteiger partial charge in [-0.3, -0.25) is 0 Å². The lowest BCUT2D eigenvalue weighted by Crippen LogP contribution is -2.28. The number of hydrogen-bond acceptors (Lipinski definition) is 0. The highest BCUT2D eigenvalue weighted by molar-refractivity contribution is 6.83. The van der Waals surface area contributed by atoms with Crippen molar-refractivity contribution < 1.29 is 0 Å². The molecule has 1 aliphatic rings. The Morgan fingerprint density at radius 3 is 2.25 bits per heavy atom. The minimum absolute atomic E-state index is 0.862. The average Bonchev–Trinajstić information content (AvgIpc) is 1.92. The van der Waals surface area contributed by atoms with Gasteiger partial charge < -0.3 is 0 Å². The molecule has 0 aliphatic heterocycles. The summed E-state index contributed by atoms with van der Waals surface area (Å²) in [6.45, 7) is 12.2. The maximum atomic E-state index is 2.48. The summed E-state index contributed by atoms with van der Waals surface area (Å²) in [5.41, 5.74) is 1.72. The van der Waals surface area contributed by atoms with Crippen LogP contribution in [0.5, 0.6) is 0 Å². The summed E-state index contributed by atoms with van der Waals surface area (Å²) in [6.07, 6.45) is 4.24. The Labute approximate surface area is 78.1 Å². The Kier molecular flexibility index (Phi) is 2.82. The predicted octanol–water partition coefficient (Wildman–Crippen LogP) is 4.00. The van der Waals surface area contributed by atoms with E-state index in [0.29, 0.717) is 0 Å². The smallest absolute Gasteiger partial charge is 0.0723 e. The molecule has 1 heteroatoms. The topological polar surface area (TPSA) is 0 Å². The van der Waals surface area contributed by atoms with Gasteiger partial charge in [0.2, 0.25) is 0 Å². The highest BCUT2D eigenvalue weighted by Crippen LogP contribution is 2.34. The number of allylic oxidation sites excluding steroid dienone is 2. The van der Waals surface area contributed by atoms with E-state index in [9.17, 15) is 0 Å². The molecular weight excluding hydrogens is 160 g/mol. The molecule has 0 aromatic heterocycles. The third kappa shape index (κ3) is 2.01. The van der Waals surface area contributed by atoms with Gasteiger partial charge in [0.05, 0.1) is 8.07 Å². The lowest BCUT2D eigenvalue weighted by Gasteiger charge is -2.31. The van der Waals surface area contributed by atoms with E-state index < -0.39 is 8.07 Å². The van der Waals surface area contributed by atoms with E-state index in [1.807, 2.05) is 5.20 Å². The van der Waals surface area contributed by atoms with Crippen LogP contribution in [0.25, 0.3) is 0 Å². The van der Waals surface area contributed by atoms with Crippen LogP contribution in [-0.2, 0) is 0 Å². The zero-order valence-electron chi connectivity index (χ0n) is 9.20. The van der Waals surface area contributed by atoms with Crippen molar-refractivity contribution in [1.29, 1.82) is 0 Å². The van der Waals surface area contributed by atoms with E-state index in [1.165, 1.54) is 19.3 Å². The van der Waals surface area contributed by atoms with Crippen molar-refractivity contribution in [1.82, 2.24) is 0 Å². The normalized spacial score (nSPS) is 26.2. The summed E-state index contributed by atoms with van der Waals surface area (Å²) < 4.78 is 0. The quantitative estimate of drug-likeness (QED) is 0.538. The summed E-state index contributed by atoms with van der Waals surface area (Å²) in [7, 11) is -0.982. The summed E-state index contributed by atoms with van der Waals surface area (Å²) in [4.78, 5) is 0. The van der Waals surface area contributed by atoms with Gasteiger partial charge in [-0.1, -0.05) is 37.3 Å². The summed E-state index contributed by atoms with van der Waals surface area (Å²) in [5, 5.41) is 1.85. The second-order valence-electron chi connectivity index (χ2n) is 5.20. The maximum Gasteiger partial charge on any atom is 0.0723 e. The standard InChI is InChI=1S/C11H22Si/c1-9-7-6-8-11(10(9)2)12(3,4)5/h9H,6-8H2,1-5H3/t9-/m1/s1. The molecule has 0 saturated carbocycles. The van der Waals surface area contributed by atoms with Crippen LogP contribution < -0.4 is 0 Å². The van der Waals surface area contributed by atoms with Crippen LogP contribution >= 0.6 is 0 Å². The molecule has 0 amide bonds. The Bertz CT molecular complexity index is 196. The Balaban J connectivity index is 2.93. The second kappa shape index (κ2) is 3.37. The van der Waals surface area contributed by atoms with Crippen molar-refractivity contribution in [3.8, 4) is 0 Å². The lowest BCUT2D eigenvalue weighted by atomic mass is 9.90. The third-order valence-electron chi connectivity index (χ3n) is 3.18. The van der Waals surface area contributed by atoms with E-state index in [1.54, 1.807) is 5.57 Å². The van der Waals surface area contributed by atoms with E-state index in [-0.39, 0.29) is 0 Å². The van der Waals surface area contributed by atoms with Crippen molar-refractivity contribution in [2.24, 2.45) is 5.92 Å². The first-order valence-corrected chi connectivity index (χ1v) is 8.63. The zero-order chi connectivity index (χ0) is 9.35. The SMILES string of the molecule is CC1=C([Si](C)(C)C)CCC[C@H]1C. The molecule has 1 aliphatic carbocycles. The first kappa shape index (κ1) is 10.0. The Hall–Kier alpha value is -0.0431. The summed E-state index contributed by atoms with van der Waals surface area (Å²) >= 11 is 0. The molecule has 0 saturated heterocycles.